The maximum absolute atomic E-state index is 12.7. The van der Waals surface area contributed by atoms with E-state index < -0.39 is 0 Å². The number of nitrogens with zero attached hydrogens (tertiary/aromatic N) is 1. The van der Waals surface area contributed by atoms with Gasteiger partial charge in [0.15, 0.2) is 11.5 Å². The molecule has 0 atom stereocenters. The summed E-state index contributed by atoms with van der Waals surface area (Å²) >= 11 is 1.77. The molecule has 0 fully saturated rings. The van der Waals surface area contributed by atoms with Crippen molar-refractivity contribution in [2.24, 2.45) is 0 Å². The van der Waals surface area contributed by atoms with Gasteiger partial charge in [0.2, 0.25) is 0 Å². The zero-order valence-electron chi connectivity index (χ0n) is 15.5. The summed E-state index contributed by atoms with van der Waals surface area (Å²) in [4.78, 5) is 14.4. The molecule has 5 heteroatoms. The quantitative estimate of drug-likeness (QED) is 0.744. The van der Waals surface area contributed by atoms with Gasteiger partial charge < -0.3 is 14.4 Å². The van der Waals surface area contributed by atoms with Crippen LogP contribution in [-0.4, -0.2) is 38.3 Å². The molecule has 0 N–H and O–H groups in total. The molecule has 0 saturated heterocycles. The Labute approximate surface area is 154 Å². The molecule has 25 heavy (non-hydrogen) atoms. The molecular formula is C20H25NO3S. The minimum absolute atomic E-state index is 0.00452. The van der Waals surface area contributed by atoms with Crippen molar-refractivity contribution in [1.29, 1.82) is 0 Å². The van der Waals surface area contributed by atoms with Gasteiger partial charge in [-0.3, -0.25) is 4.79 Å². The number of carbonyl (C=O) groups excluding carboxylic acids is 1. The molecule has 0 heterocycles. The molecule has 2 aromatic carbocycles. The summed E-state index contributed by atoms with van der Waals surface area (Å²) in [5.41, 5.74) is 4.02. The fourth-order valence-corrected chi connectivity index (χ4v) is 3.18. The number of aryl methyl sites for hydroxylation is 1. The van der Waals surface area contributed by atoms with Crippen molar-refractivity contribution in [3.8, 4) is 11.5 Å². The number of carbonyl (C=O) groups is 1. The normalized spacial score (nSPS) is 10.4. The van der Waals surface area contributed by atoms with Gasteiger partial charge in [0.25, 0.3) is 5.91 Å². The fraction of sp³-hybridized carbons (Fsp3) is 0.350. The van der Waals surface area contributed by atoms with E-state index in [1.165, 1.54) is 5.56 Å². The Hall–Kier alpha value is -2.14. The number of thioether (sulfide) groups is 1. The molecule has 1 amide bonds. The van der Waals surface area contributed by atoms with Crippen molar-refractivity contribution in [1.82, 2.24) is 4.90 Å². The van der Waals surface area contributed by atoms with Crippen LogP contribution in [0.4, 0.5) is 0 Å². The monoisotopic (exact) mass is 359 g/mol. The van der Waals surface area contributed by atoms with Crippen LogP contribution in [0.15, 0.2) is 36.4 Å². The predicted octanol–water partition coefficient (Wildman–Crippen LogP) is 4.15. The Kier molecular flexibility index (Phi) is 6.76. The molecule has 0 spiro atoms. The first-order valence-corrected chi connectivity index (χ1v) is 9.44. The zero-order chi connectivity index (χ0) is 18.4. The van der Waals surface area contributed by atoms with E-state index in [2.05, 4.69) is 6.26 Å². The van der Waals surface area contributed by atoms with Gasteiger partial charge in [0, 0.05) is 24.9 Å². The molecular weight excluding hydrogens is 334 g/mol. The summed E-state index contributed by atoms with van der Waals surface area (Å²) in [6, 6.07) is 11.7. The lowest BCUT2D eigenvalue weighted by Crippen LogP contribution is -2.26. The zero-order valence-corrected chi connectivity index (χ0v) is 16.3. The minimum atomic E-state index is 0.00452. The van der Waals surface area contributed by atoms with Crippen LogP contribution in [0.1, 0.15) is 27.0 Å². The van der Waals surface area contributed by atoms with Crippen molar-refractivity contribution >= 4 is 17.7 Å². The smallest absolute Gasteiger partial charge is 0.253 e. The lowest BCUT2D eigenvalue weighted by molar-refractivity contribution is 0.0785. The molecule has 2 aromatic rings. The number of benzene rings is 2. The molecule has 134 valence electrons. The second kappa shape index (κ2) is 8.81. The summed E-state index contributed by atoms with van der Waals surface area (Å²) in [5.74, 6) is 2.33. The second-order valence-electron chi connectivity index (χ2n) is 5.92. The van der Waals surface area contributed by atoms with Gasteiger partial charge >= 0.3 is 0 Å². The Morgan fingerprint density at radius 3 is 2.24 bits per heavy atom. The van der Waals surface area contributed by atoms with Gasteiger partial charge in [-0.25, -0.2) is 0 Å². The Morgan fingerprint density at radius 1 is 1.08 bits per heavy atom. The summed E-state index contributed by atoms with van der Waals surface area (Å²) in [6.07, 6.45) is 2.07. The first kappa shape index (κ1) is 19.2. The molecule has 0 aromatic heterocycles. The maximum atomic E-state index is 12.7. The van der Waals surface area contributed by atoms with Crippen LogP contribution in [0.5, 0.6) is 11.5 Å². The number of rotatable bonds is 7. The van der Waals surface area contributed by atoms with E-state index >= 15 is 0 Å². The highest BCUT2D eigenvalue weighted by Gasteiger charge is 2.15. The highest BCUT2D eigenvalue weighted by Crippen LogP contribution is 2.30. The average molecular weight is 359 g/mol. The number of methoxy groups -OCH3 is 2. The van der Waals surface area contributed by atoms with Gasteiger partial charge in [-0.15, -0.1) is 0 Å². The van der Waals surface area contributed by atoms with Gasteiger partial charge in [-0.2, -0.15) is 11.8 Å². The standard InChI is InChI=1S/C20H25NO3S/c1-14-10-18(23-3)19(24-4)11-17(14)12-21(2)20(22)16-8-6-15(7-9-16)13-25-5/h6-11H,12-13H2,1-5H3. The van der Waals surface area contributed by atoms with E-state index in [4.69, 9.17) is 9.47 Å². The van der Waals surface area contributed by atoms with Gasteiger partial charge in [-0.05, 0) is 54.1 Å². The van der Waals surface area contributed by atoms with E-state index in [1.807, 2.05) is 50.4 Å². The van der Waals surface area contributed by atoms with Crippen LogP contribution in [-0.2, 0) is 12.3 Å². The molecule has 0 unspecified atom stereocenters. The van der Waals surface area contributed by atoms with Crippen molar-refractivity contribution in [2.75, 3.05) is 27.5 Å². The second-order valence-corrected chi connectivity index (χ2v) is 6.79. The van der Waals surface area contributed by atoms with Gasteiger partial charge in [-0.1, -0.05) is 12.1 Å². The maximum Gasteiger partial charge on any atom is 0.253 e. The van der Waals surface area contributed by atoms with E-state index in [0.29, 0.717) is 23.6 Å². The lowest BCUT2D eigenvalue weighted by atomic mass is 10.1. The largest absolute Gasteiger partial charge is 0.493 e. The Bertz CT molecular complexity index is 728. The van der Waals surface area contributed by atoms with E-state index in [0.717, 1.165) is 16.9 Å². The van der Waals surface area contributed by atoms with Crippen LogP contribution in [0.25, 0.3) is 0 Å². The summed E-state index contributed by atoms with van der Waals surface area (Å²) in [5, 5.41) is 0. The topological polar surface area (TPSA) is 38.8 Å². The third-order valence-corrected chi connectivity index (χ3v) is 4.73. The predicted molar refractivity (Wildman–Crippen MR) is 104 cm³/mol. The summed E-state index contributed by atoms with van der Waals surface area (Å²) in [6.45, 7) is 2.52. The lowest BCUT2D eigenvalue weighted by Gasteiger charge is -2.20. The molecule has 0 aliphatic carbocycles. The molecule has 4 nitrogen and oxygen atoms in total. The van der Waals surface area contributed by atoms with Crippen molar-refractivity contribution in [2.45, 2.75) is 19.2 Å². The number of ether oxygens (including phenoxy) is 2. The van der Waals surface area contributed by atoms with Crippen molar-refractivity contribution in [3.63, 3.8) is 0 Å². The Balaban J connectivity index is 2.15. The number of amides is 1. The van der Waals surface area contributed by atoms with Gasteiger partial charge in [0.1, 0.15) is 0 Å². The minimum Gasteiger partial charge on any atom is -0.493 e. The fourth-order valence-electron chi connectivity index (χ4n) is 2.65. The summed E-state index contributed by atoms with van der Waals surface area (Å²) in [7, 11) is 5.05. The molecule has 0 saturated carbocycles. The van der Waals surface area contributed by atoms with E-state index in [9.17, 15) is 4.79 Å². The molecule has 0 aliphatic heterocycles. The number of hydrogen-bond donors (Lipinski definition) is 0. The average Bonchev–Trinajstić information content (AvgIpc) is 2.63. The van der Waals surface area contributed by atoms with Crippen LogP contribution in [0.3, 0.4) is 0 Å². The van der Waals surface area contributed by atoms with E-state index in [1.54, 1.807) is 30.9 Å². The third kappa shape index (κ3) is 4.69. The first-order valence-electron chi connectivity index (χ1n) is 8.05. The molecule has 0 radical (unpaired) electrons. The van der Waals surface area contributed by atoms with E-state index in [-0.39, 0.29) is 5.91 Å². The Morgan fingerprint density at radius 2 is 1.68 bits per heavy atom. The number of hydrogen-bond acceptors (Lipinski definition) is 4. The van der Waals surface area contributed by atoms with Crippen LogP contribution in [0, 0.1) is 6.92 Å². The van der Waals surface area contributed by atoms with Gasteiger partial charge in [0.05, 0.1) is 14.2 Å². The first-order chi connectivity index (χ1) is 12.0. The third-order valence-electron chi connectivity index (χ3n) is 4.11. The molecule has 0 aliphatic rings. The molecule has 2 rings (SSSR count). The SMILES string of the molecule is COc1cc(C)c(CN(C)C(=O)c2ccc(CSC)cc2)cc1OC. The highest BCUT2D eigenvalue weighted by atomic mass is 32.2. The van der Waals surface area contributed by atoms with Crippen LogP contribution >= 0.6 is 11.8 Å². The van der Waals surface area contributed by atoms with Crippen LogP contribution < -0.4 is 9.47 Å². The summed E-state index contributed by atoms with van der Waals surface area (Å²) < 4.78 is 10.7. The molecule has 0 bridgehead atoms. The van der Waals surface area contributed by atoms with Crippen molar-refractivity contribution < 1.29 is 14.3 Å². The van der Waals surface area contributed by atoms with Crippen molar-refractivity contribution in [3.05, 3.63) is 58.7 Å². The van der Waals surface area contributed by atoms with Crippen LogP contribution in [0.2, 0.25) is 0 Å². The highest BCUT2D eigenvalue weighted by molar-refractivity contribution is 7.97.